The van der Waals surface area contributed by atoms with Gasteiger partial charge in [-0.3, -0.25) is 0 Å². The van der Waals surface area contributed by atoms with Gasteiger partial charge in [-0.2, -0.15) is 0 Å². The van der Waals surface area contributed by atoms with Gasteiger partial charge in [-0.25, -0.2) is 4.79 Å². The number of carbonyl (C=O) groups is 1. The molecule has 2 heteroatoms. The maximum Gasteiger partial charge on any atom is 0.327 e. The van der Waals surface area contributed by atoms with Gasteiger partial charge in [-0.1, -0.05) is 82.9 Å². The van der Waals surface area contributed by atoms with Crippen LogP contribution in [0.25, 0.3) is 0 Å². The Morgan fingerprint density at radius 1 is 0.682 bits per heavy atom. The van der Waals surface area contributed by atoms with Crippen molar-refractivity contribution in [2.45, 2.75) is 96.8 Å². The molecular formula is C20H36O2. The van der Waals surface area contributed by atoms with E-state index in [9.17, 15) is 4.79 Å². The van der Waals surface area contributed by atoms with Crippen LogP contribution in [0, 0.1) is 0 Å². The summed E-state index contributed by atoms with van der Waals surface area (Å²) in [6, 6.07) is 0. The normalized spacial score (nSPS) is 11.7. The standard InChI is InChI=1S/C20H36O2/c1-2-3-4-5-6-7-8-9-10-11-12-13-14-15-16-17-18-19-20(21)22/h3-4,18-19H,2,5-17H2,1H3,(H,21,22)/b4-3?,19-18-. The molecule has 0 aliphatic rings. The highest BCUT2D eigenvalue weighted by Gasteiger charge is 1.93. The molecule has 0 spiro atoms. The second-order valence-electron chi connectivity index (χ2n) is 6.09. The molecule has 0 radical (unpaired) electrons. The fourth-order valence-corrected chi connectivity index (χ4v) is 2.58. The van der Waals surface area contributed by atoms with Gasteiger partial charge in [0.05, 0.1) is 0 Å². The molecule has 0 unspecified atom stereocenters. The molecule has 0 heterocycles. The van der Waals surface area contributed by atoms with E-state index >= 15 is 0 Å². The van der Waals surface area contributed by atoms with Crippen LogP contribution in [-0.4, -0.2) is 11.1 Å². The molecule has 0 bridgehead atoms. The summed E-state index contributed by atoms with van der Waals surface area (Å²) in [5.41, 5.74) is 0. The van der Waals surface area contributed by atoms with E-state index in [1.165, 1.54) is 83.1 Å². The minimum Gasteiger partial charge on any atom is -0.478 e. The minimum absolute atomic E-state index is 0.836. The van der Waals surface area contributed by atoms with Crippen molar-refractivity contribution in [2.24, 2.45) is 0 Å². The van der Waals surface area contributed by atoms with Gasteiger partial charge in [0.25, 0.3) is 0 Å². The molecule has 128 valence electrons. The van der Waals surface area contributed by atoms with E-state index in [1.807, 2.05) is 0 Å². The maximum atomic E-state index is 10.3. The molecule has 0 saturated carbocycles. The monoisotopic (exact) mass is 308 g/mol. The van der Waals surface area contributed by atoms with Crippen molar-refractivity contribution in [3.8, 4) is 0 Å². The molecule has 22 heavy (non-hydrogen) atoms. The van der Waals surface area contributed by atoms with E-state index in [-0.39, 0.29) is 0 Å². The van der Waals surface area contributed by atoms with Crippen LogP contribution in [0.5, 0.6) is 0 Å². The molecular weight excluding hydrogens is 272 g/mol. The first-order valence-electron chi connectivity index (χ1n) is 9.31. The summed E-state index contributed by atoms with van der Waals surface area (Å²) in [5.74, 6) is -0.836. The van der Waals surface area contributed by atoms with Crippen LogP contribution in [0.3, 0.4) is 0 Å². The summed E-state index contributed by atoms with van der Waals surface area (Å²) in [6.45, 7) is 2.19. The first kappa shape index (κ1) is 20.9. The highest BCUT2D eigenvalue weighted by atomic mass is 16.4. The Kier molecular flexibility index (Phi) is 17.1. The number of hydrogen-bond acceptors (Lipinski definition) is 1. The van der Waals surface area contributed by atoms with Crippen LogP contribution in [0.1, 0.15) is 96.8 Å². The Morgan fingerprint density at radius 2 is 1.09 bits per heavy atom. The van der Waals surface area contributed by atoms with Crippen molar-refractivity contribution in [1.29, 1.82) is 0 Å². The average molecular weight is 309 g/mol. The summed E-state index contributed by atoms with van der Waals surface area (Å²) in [7, 11) is 0. The lowest BCUT2D eigenvalue weighted by atomic mass is 10.0. The summed E-state index contributed by atoms with van der Waals surface area (Å²) >= 11 is 0. The molecule has 0 amide bonds. The maximum absolute atomic E-state index is 10.3. The molecule has 0 aromatic heterocycles. The third-order valence-electron chi connectivity index (χ3n) is 3.90. The van der Waals surface area contributed by atoms with Crippen LogP contribution in [0.15, 0.2) is 24.3 Å². The predicted molar refractivity (Wildman–Crippen MR) is 96.2 cm³/mol. The zero-order valence-corrected chi connectivity index (χ0v) is 14.6. The lowest BCUT2D eigenvalue weighted by Gasteiger charge is -2.02. The Hall–Kier alpha value is -1.05. The van der Waals surface area contributed by atoms with Crippen LogP contribution in [-0.2, 0) is 4.79 Å². The number of carboxylic acid groups (broad SMARTS) is 1. The molecule has 0 aliphatic heterocycles. The SMILES string of the molecule is CCC=CCCCCCCCCCCCCC/C=C\C(=O)O. The lowest BCUT2D eigenvalue weighted by molar-refractivity contribution is -0.131. The number of rotatable bonds is 16. The smallest absolute Gasteiger partial charge is 0.327 e. The van der Waals surface area contributed by atoms with Crippen LogP contribution >= 0.6 is 0 Å². The number of hydrogen-bond donors (Lipinski definition) is 1. The van der Waals surface area contributed by atoms with Crippen molar-refractivity contribution in [3.63, 3.8) is 0 Å². The van der Waals surface area contributed by atoms with Crippen LogP contribution < -0.4 is 0 Å². The van der Waals surface area contributed by atoms with E-state index < -0.39 is 5.97 Å². The largest absolute Gasteiger partial charge is 0.478 e. The van der Waals surface area contributed by atoms with E-state index in [1.54, 1.807) is 6.08 Å². The zero-order valence-electron chi connectivity index (χ0n) is 14.6. The summed E-state index contributed by atoms with van der Waals surface area (Å²) in [6.07, 6.45) is 25.6. The lowest BCUT2D eigenvalue weighted by Crippen LogP contribution is -1.86. The number of carboxylic acids is 1. The molecule has 1 N–H and O–H groups in total. The van der Waals surface area contributed by atoms with Crippen molar-refractivity contribution < 1.29 is 9.90 Å². The molecule has 0 aromatic rings. The van der Waals surface area contributed by atoms with E-state index in [0.29, 0.717) is 0 Å². The van der Waals surface area contributed by atoms with Crippen molar-refractivity contribution >= 4 is 5.97 Å². The fourth-order valence-electron chi connectivity index (χ4n) is 2.58. The second kappa shape index (κ2) is 18.0. The van der Waals surface area contributed by atoms with Crippen LogP contribution in [0.2, 0.25) is 0 Å². The van der Waals surface area contributed by atoms with Gasteiger partial charge < -0.3 is 5.11 Å². The van der Waals surface area contributed by atoms with Gasteiger partial charge in [0.2, 0.25) is 0 Å². The average Bonchev–Trinajstić information content (AvgIpc) is 2.50. The fraction of sp³-hybridized carbons (Fsp3) is 0.750. The highest BCUT2D eigenvalue weighted by molar-refractivity contribution is 5.79. The quantitative estimate of drug-likeness (QED) is 0.196. The summed E-state index contributed by atoms with van der Waals surface area (Å²) in [4.78, 5) is 10.3. The molecule has 0 aromatic carbocycles. The van der Waals surface area contributed by atoms with E-state index in [4.69, 9.17) is 5.11 Å². The first-order valence-corrected chi connectivity index (χ1v) is 9.31. The molecule has 0 atom stereocenters. The molecule has 2 nitrogen and oxygen atoms in total. The Morgan fingerprint density at radius 3 is 1.50 bits per heavy atom. The highest BCUT2D eigenvalue weighted by Crippen LogP contribution is 2.12. The van der Waals surface area contributed by atoms with E-state index in [2.05, 4.69) is 19.1 Å². The summed E-state index contributed by atoms with van der Waals surface area (Å²) < 4.78 is 0. The van der Waals surface area contributed by atoms with Crippen molar-refractivity contribution in [2.75, 3.05) is 0 Å². The van der Waals surface area contributed by atoms with Gasteiger partial charge in [0.1, 0.15) is 0 Å². The third kappa shape index (κ3) is 18.9. The molecule has 0 rings (SSSR count). The number of allylic oxidation sites excluding steroid dienone is 3. The van der Waals surface area contributed by atoms with Gasteiger partial charge in [-0.05, 0) is 32.1 Å². The van der Waals surface area contributed by atoms with Gasteiger partial charge in [0, 0.05) is 6.08 Å². The third-order valence-corrected chi connectivity index (χ3v) is 3.90. The Balaban J connectivity index is 3.05. The predicted octanol–water partition coefficient (Wildman–Crippen LogP) is 6.66. The van der Waals surface area contributed by atoms with E-state index in [0.717, 1.165) is 12.8 Å². The van der Waals surface area contributed by atoms with Crippen LogP contribution in [0.4, 0.5) is 0 Å². The minimum atomic E-state index is -0.836. The molecule has 0 aliphatic carbocycles. The Bertz CT molecular complexity index is 292. The zero-order chi connectivity index (χ0) is 16.3. The topological polar surface area (TPSA) is 37.3 Å². The van der Waals surface area contributed by atoms with Crippen molar-refractivity contribution in [3.05, 3.63) is 24.3 Å². The van der Waals surface area contributed by atoms with Gasteiger partial charge >= 0.3 is 5.97 Å². The second-order valence-corrected chi connectivity index (χ2v) is 6.09. The number of aliphatic carboxylic acids is 1. The van der Waals surface area contributed by atoms with Gasteiger partial charge in [0.15, 0.2) is 0 Å². The molecule has 0 fully saturated rings. The Labute approximate surface area is 137 Å². The van der Waals surface area contributed by atoms with Gasteiger partial charge in [-0.15, -0.1) is 0 Å². The van der Waals surface area contributed by atoms with Crippen molar-refractivity contribution in [1.82, 2.24) is 0 Å². The molecule has 0 saturated heterocycles. The first-order chi connectivity index (χ1) is 10.8. The number of unbranched alkanes of at least 4 members (excludes halogenated alkanes) is 12. The summed E-state index contributed by atoms with van der Waals surface area (Å²) in [5, 5.41) is 8.45.